The van der Waals surface area contributed by atoms with Gasteiger partial charge in [-0.1, -0.05) is 381 Å². The summed E-state index contributed by atoms with van der Waals surface area (Å²) in [5.74, 6) is -1.37. The first-order valence-electron chi connectivity index (χ1n) is 42.1. The zero-order valence-corrected chi connectivity index (χ0v) is 67.1. The van der Waals surface area contributed by atoms with Crippen LogP contribution in [0.25, 0.3) is 0 Å². The van der Waals surface area contributed by atoms with Gasteiger partial charge in [-0.15, -0.1) is 0 Å². The fraction of sp³-hybridized carbons (Fsp3) is 0.951. The molecule has 0 saturated heterocycles. The maximum absolute atomic E-state index is 13.1. The smallest absolute Gasteiger partial charge is 0.462 e. The van der Waals surface area contributed by atoms with Crippen molar-refractivity contribution in [1.82, 2.24) is 0 Å². The van der Waals surface area contributed by atoms with Crippen LogP contribution >= 0.6 is 15.6 Å². The minimum absolute atomic E-state index is 0.106. The minimum atomic E-state index is -4.96. The van der Waals surface area contributed by atoms with E-state index in [0.717, 1.165) is 95.8 Å². The highest BCUT2D eigenvalue weighted by atomic mass is 31.2. The largest absolute Gasteiger partial charge is 0.472 e. The second-order valence-electron chi connectivity index (χ2n) is 29.6. The molecule has 0 heterocycles. The SMILES string of the molecule is CCCCCCCCCCCCCCCCCCCCCCCC(=O)O[C@H](COC(=O)CCCCCCCCCCCCCCCCCC)COP(=O)(O)OC[C@@H](O)COP(=O)(O)OC[C@@H](COC(=O)CCCCCCCCCCCCC)OC(=O)CCCCCCCCCCCC(C)C. The van der Waals surface area contributed by atoms with Gasteiger partial charge in [-0.05, 0) is 31.6 Å². The highest BCUT2D eigenvalue weighted by Gasteiger charge is 2.30. The van der Waals surface area contributed by atoms with Gasteiger partial charge in [0.1, 0.15) is 19.3 Å². The van der Waals surface area contributed by atoms with Crippen LogP contribution in [0.4, 0.5) is 0 Å². The third-order valence-electron chi connectivity index (χ3n) is 19.0. The van der Waals surface area contributed by atoms with Gasteiger partial charge in [0.05, 0.1) is 26.4 Å². The van der Waals surface area contributed by atoms with Gasteiger partial charge in [0.2, 0.25) is 0 Å². The molecule has 0 amide bonds. The summed E-state index contributed by atoms with van der Waals surface area (Å²) in [6.07, 6.45) is 65.3. The van der Waals surface area contributed by atoms with Crippen molar-refractivity contribution < 1.29 is 80.2 Å². The van der Waals surface area contributed by atoms with Crippen molar-refractivity contribution in [3.8, 4) is 0 Å². The van der Waals surface area contributed by atoms with Crippen LogP contribution in [0.1, 0.15) is 433 Å². The Labute approximate surface area is 613 Å². The van der Waals surface area contributed by atoms with E-state index in [0.29, 0.717) is 25.7 Å². The molecular weight excluding hydrogens is 1310 g/mol. The van der Waals surface area contributed by atoms with Crippen molar-refractivity contribution >= 4 is 39.5 Å². The molecule has 0 aromatic carbocycles. The normalized spacial score (nSPS) is 13.8. The molecule has 0 bridgehead atoms. The molecule has 100 heavy (non-hydrogen) atoms. The predicted molar refractivity (Wildman–Crippen MR) is 409 cm³/mol. The van der Waals surface area contributed by atoms with E-state index in [1.807, 2.05) is 0 Å². The van der Waals surface area contributed by atoms with E-state index >= 15 is 0 Å². The number of hydrogen-bond donors (Lipinski definition) is 3. The molecule has 0 saturated carbocycles. The topological polar surface area (TPSA) is 237 Å². The lowest BCUT2D eigenvalue weighted by Crippen LogP contribution is -2.30. The number of ether oxygens (including phenoxy) is 4. The Bertz CT molecular complexity index is 1910. The summed E-state index contributed by atoms with van der Waals surface area (Å²) in [6, 6.07) is 0. The Hall–Kier alpha value is -1.94. The van der Waals surface area contributed by atoms with Crippen molar-refractivity contribution in [2.75, 3.05) is 39.6 Å². The molecule has 0 spiro atoms. The molecule has 0 aliphatic carbocycles. The van der Waals surface area contributed by atoms with E-state index in [1.54, 1.807) is 0 Å². The number of carbonyl (C=O) groups excluding carboxylic acids is 4. The zero-order chi connectivity index (χ0) is 73.4. The molecule has 0 radical (unpaired) electrons. The average molecular weight is 1470 g/mol. The molecule has 3 N–H and O–H groups in total. The number of unbranched alkanes of at least 4 members (excludes halogenated alkanes) is 53. The van der Waals surface area contributed by atoms with Crippen LogP contribution in [0.2, 0.25) is 0 Å². The van der Waals surface area contributed by atoms with Crippen LogP contribution in [-0.2, 0) is 65.4 Å². The van der Waals surface area contributed by atoms with Crippen molar-refractivity contribution in [2.24, 2.45) is 5.92 Å². The van der Waals surface area contributed by atoms with Gasteiger partial charge in [-0.2, -0.15) is 0 Å². The maximum Gasteiger partial charge on any atom is 0.472 e. The molecule has 0 aliphatic heterocycles. The monoisotopic (exact) mass is 1470 g/mol. The van der Waals surface area contributed by atoms with Crippen LogP contribution in [0.5, 0.6) is 0 Å². The summed E-state index contributed by atoms with van der Waals surface area (Å²) in [6.45, 7) is 7.30. The number of rotatable bonds is 81. The number of aliphatic hydroxyl groups is 1. The summed E-state index contributed by atoms with van der Waals surface area (Å²) < 4.78 is 68.7. The third-order valence-corrected chi connectivity index (χ3v) is 20.9. The van der Waals surface area contributed by atoms with Crippen LogP contribution in [0.15, 0.2) is 0 Å². The first kappa shape index (κ1) is 98.1. The van der Waals surface area contributed by atoms with Crippen molar-refractivity contribution in [2.45, 2.75) is 451 Å². The van der Waals surface area contributed by atoms with Gasteiger partial charge < -0.3 is 33.8 Å². The van der Waals surface area contributed by atoms with Crippen LogP contribution in [-0.4, -0.2) is 96.7 Å². The second-order valence-corrected chi connectivity index (χ2v) is 32.5. The highest BCUT2D eigenvalue weighted by molar-refractivity contribution is 7.47. The number of phosphoric ester groups is 2. The molecule has 0 rings (SSSR count). The minimum Gasteiger partial charge on any atom is -0.462 e. The first-order valence-corrected chi connectivity index (χ1v) is 45.1. The Morgan fingerprint density at radius 2 is 0.460 bits per heavy atom. The van der Waals surface area contributed by atoms with Gasteiger partial charge in [0, 0.05) is 25.7 Å². The molecule has 19 heteroatoms. The fourth-order valence-corrected chi connectivity index (χ4v) is 14.2. The lowest BCUT2D eigenvalue weighted by Gasteiger charge is -2.21. The van der Waals surface area contributed by atoms with E-state index in [2.05, 4.69) is 34.6 Å². The second kappa shape index (κ2) is 73.9. The van der Waals surface area contributed by atoms with E-state index in [4.69, 9.17) is 37.0 Å². The average Bonchev–Trinajstić information content (AvgIpc) is 1.03. The molecule has 5 atom stereocenters. The molecule has 0 aromatic rings. The Morgan fingerprint density at radius 3 is 0.680 bits per heavy atom. The summed E-state index contributed by atoms with van der Waals surface area (Å²) >= 11 is 0. The molecule has 0 aromatic heterocycles. The summed E-state index contributed by atoms with van der Waals surface area (Å²) in [5.41, 5.74) is 0. The maximum atomic E-state index is 13.1. The van der Waals surface area contributed by atoms with Crippen molar-refractivity contribution in [3.63, 3.8) is 0 Å². The fourth-order valence-electron chi connectivity index (χ4n) is 12.6. The van der Waals surface area contributed by atoms with Crippen LogP contribution in [0.3, 0.4) is 0 Å². The molecular formula is C81H158O17P2. The van der Waals surface area contributed by atoms with Gasteiger partial charge in [-0.25, -0.2) is 9.13 Å². The Balaban J connectivity index is 5.22. The molecule has 0 aliphatic rings. The Kier molecular flexibility index (Phi) is 72.5. The Morgan fingerprint density at radius 1 is 0.270 bits per heavy atom. The molecule has 2 unspecified atom stereocenters. The van der Waals surface area contributed by atoms with Gasteiger partial charge >= 0.3 is 39.5 Å². The van der Waals surface area contributed by atoms with Gasteiger partial charge in [0.15, 0.2) is 12.2 Å². The zero-order valence-electron chi connectivity index (χ0n) is 65.3. The number of hydrogen-bond acceptors (Lipinski definition) is 15. The number of esters is 4. The molecule has 594 valence electrons. The van der Waals surface area contributed by atoms with E-state index in [1.165, 1.54) is 257 Å². The predicted octanol–water partition coefficient (Wildman–Crippen LogP) is 24.4. The molecule has 17 nitrogen and oxygen atoms in total. The van der Waals surface area contributed by atoms with E-state index in [-0.39, 0.29) is 25.7 Å². The first-order chi connectivity index (χ1) is 48.5. The summed E-state index contributed by atoms with van der Waals surface area (Å²) in [4.78, 5) is 73.0. The summed E-state index contributed by atoms with van der Waals surface area (Å²) in [5, 5.41) is 10.6. The number of phosphoric acid groups is 2. The highest BCUT2D eigenvalue weighted by Crippen LogP contribution is 2.45. The van der Waals surface area contributed by atoms with E-state index < -0.39 is 97.5 Å². The van der Waals surface area contributed by atoms with Crippen LogP contribution in [0, 0.1) is 5.92 Å². The lowest BCUT2D eigenvalue weighted by atomic mass is 10.0. The van der Waals surface area contributed by atoms with Gasteiger partial charge in [-0.3, -0.25) is 37.3 Å². The lowest BCUT2D eigenvalue weighted by molar-refractivity contribution is -0.161. The van der Waals surface area contributed by atoms with Gasteiger partial charge in [0.25, 0.3) is 0 Å². The summed E-state index contributed by atoms with van der Waals surface area (Å²) in [7, 11) is -9.92. The van der Waals surface area contributed by atoms with Crippen molar-refractivity contribution in [3.05, 3.63) is 0 Å². The number of carbonyl (C=O) groups is 4. The van der Waals surface area contributed by atoms with E-state index in [9.17, 15) is 43.2 Å². The quantitative estimate of drug-likeness (QED) is 0.0222. The standard InChI is InChI=1S/C81H158O17P2/c1-6-9-12-15-18-21-24-26-28-30-31-32-33-34-36-38-41-46-51-56-61-66-80(85)97-76(70-92-79(84)65-60-55-50-45-40-37-35-29-27-25-22-19-16-13-10-7-2)72-95-99(87,88)93-68-75(82)69-94-100(89,90)96-73-77(71-91-78(83)64-59-54-49-44-39-23-20-17-14-11-8-3)98-81(86)67-62-57-52-47-42-43-48-53-58-63-74(4)5/h74-77,82H,6-73H2,1-5H3,(H,87,88)(H,89,90)/t75-,76-,77-/m1/s1. The molecule has 0 fully saturated rings. The third kappa shape index (κ3) is 74.3. The van der Waals surface area contributed by atoms with Crippen molar-refractivity contribution in [1.29, 1.82) is 0 Å². The number of aliphatic hydroxyl groups excluding tert-OH is 1. The van der Waals surface area contributed by atoms with Crippen LogP contribution < -0.4 is 0 Å².